The third kappa shape index (κ3) is 3.16. The summed E-state index contributed by atoms with van der Waals surface area (Å²) in [6.07, 6.45) is 6.85. The van der Waals surface area contributed by atoms with Gasteiger partial charge < -0.3 is 5.32 Å². The lowest BCUT2D eigenvalue weighted by Gasteiger charge is -2.14. The zero-order valence-electron chi connectivity index (χ0n) is 12.2. The van der Waals surface area contributed by atoms with Gasteiger partial charge in [0.05, 0.1) is 24.1 Å². The molecular formula is C14H23N5. The van der Waals surface area contributed by atoms with Crippen molar-refractivity contribution in [2.75, 3.05) is 5.32 Å². The van der Waals surface area contributed by atoms with E-state index in [0.29, 0.717) is 12.1 Å². The molecule has 2 aromatic heterocycles. The molecule has 5 heteroatoms. The second-order valence-electron chi connectivity index (χ2n) is 5.18. The minimum absolute atomic E-state index is 0.390. The van der Waals surface area contributed by atoms with Gasteiger partial charge >= 0.3 is 0 Å². The van der Waals surface area contributed by atoms with Gasteiger partial charge in [-0.2, -0.15) is 10.2 Å². The second-order valence-corrected chi connectivity index (χ2v) is 5.18. The maximum absolute atomic E-state index is 4.39. The third-order valence-electron chi connectivity index (χ3n) is 3.36. The number of nitrogens with zero attached hydrogens (tertiary/aromatic N) is 4. The molecular weight excluding hydrogens is 238 g/mol. The maximum atomic E-state index is 4.39. The first-order chi connectivity index (χ1) is 9.11. The van der Waals surface area contributed by atoms with Gasteiger partial charge in [-0.25, -0.2) is 0 Å². The zero-order valence-corrected chi connectivity index (χ0v) is 12.2. The molecule has 1 N–H and O–H groups in total. The van der Waals surface area contributed by atoms with Crippen LogP contribution in [0.4, 0.5) is 5.69 Å². The van der Waals surface area contributed by atoms with E-state index in [9.17, 15) is 0 Å². The van der Waals surface area contributed by atoms with Crippen molar-refractivity contribution in [3.8, 4) is 0 Å². The average Bonchev–Trinajstić information content (AvgIpc) is 3.04. The first-order valence-corrected chi connectivity index (χ1v) is 6.92. The van der Waals surface area contributed by atoms with Gasteiger partial charge in [0, 0.05) is 24.5 Å². The average molecular weight is 261 g/mol. The van der Waals surface area contributed by atoms with Crippen molar-refractivity contribution in [1.82, 2.24) is 19.6 Å². The van der Waals surface area contributed by atoms with Crippen LogP contribution >= 0.6 is 0 Å². The van der Waals surface area contributed by atoms with E-state index in [0.717, 1.165) is 18.7 Å². The molecule has 0 saturated heterocycles. The quantitative estimate of drug-likeness (QED) is 0.868. The largest absolute Gasteiger partial charge is 0.377 e. The van der Waals surface area contributed by atoms with Crippen molar-refractivity contribution in [3.63, 3.8) is 0 Å². The molecule has 0 aliphatic rings. The van der Waals surface area contributed by atoms with Gasteiger partial charge in [0.2, 0.25) is 0 Å². The summed E-state index contributed by atoms with van der Waals surface area (Å²) in [5.41, 5.74) is 2.25. The Morgan fingerprint density at radius 2 is 2.05 bits per heavy atom. The molecule has 2 heterocycles. The maximum Gasteiger partial charge on any atom is 0.0729 e. The van der Waals surface area contributed by atoms with Crippen LogP contribution in [0, 0.1) is 0 Å². The predicted octanol–water partition coefficient (Wildman–Crippen LogP) is 3.24. The van der Waals surface area contributed by atoms with Gasteiger partial charge in [0.1, 0.15) is 0 Å². The van der Waals surface area contributed by atoms with Gasteiger partial charge in [0.25, 0.3) is 0 Å². The monoisotopic (exact) mass is 261 g/mol. The minimum atomic E-state index is 0.390. The minimum Gasteiger partial charge on any atom is -0.377 e. The first kappa shape index (κ1) is 13.6. The molecule has 5 nitrogen and oxygen atoms in total. The van der Waals surface area contributed by atoms with Crippen LogP contribution < -0.4 is 5.32 Å². The lowest BCUT2D eigenvalue weighted by atomic mass is 10.2. The normalized spacial score (nSPS) is 12.9. The molecule has 0 aromatic carbocycles. The van der Waals surface area contributed by atoms with E-state index in [1.165, 1.54) is 5.69 Å². The second kappa shape index (κ2) is 5.91. The Labute approximate surface area is 114 Å². The summed E-state index contributed by atoms with van der Waals surface area (Å²) in [6.45, 7) is 9.38. The van der Waals surface area contributed by atoms with Crippen molar-refractivity contribution in [3.05, 3.63) is 30.4 Å². The fourth-order valence-electron chi connectivity index (χ4n) is 1.96. The topological polar surface area (TPSA) is 47.7 Å². The highest BCUT2D eigenvalue weighted by Gasteiger charge is 2.08. The van der Waals surface area contributed by atoms with Crippen LogP contribution in [0.5, 0.6) is 0 Å². The fourth-order valence-corrected chi connectivity index (χ4v) is 1.96. The van der Waals surface area contributed by atoms with Crippen molar-refractivity contribution >= 4 is 5.69 Å². The number of anilines is 1. The molecule has 1 atom stereocenters. The van der Waals surface area contributed by atoms with E-state index in [1.54, 1.807) is 0 Å². The molecule has 0 radical (unpaired) electrons. The number of rotatable bonds is 6. The van der Waals surface area contributed by atoms with Crippen LogP contribution in [0.2, 0.25) is 0 Å². The molecule has 0 saturated carbocycles. The Bertz CT molecular complexity index is 511. The number of hydrogen-bond acceptors (Lipinski definition) is 3. The molecule has 0 aliphatic carbocycles. The smallest absolute Gasteiger partial charge is 0.0729 e. The van der Waals surface area contributed by atoms with Crippen LogP contribution in [0.1, 0.15) is 51.9 Å². The fraction of sp³-hybridized carbons (Fsp3) is 0.571. The summed E-state index contributed by atoms with van der Waals surface area (Å²) in [6, 6.07) is 2.89. The summed E-state index contributed by atoms with van der Waals surface area (Å²) in [7, 11) is 0. The van der Waals surface area contributed by atoms with Crippen LogP contribution in [0.3, 0.4) is 0 Å². The van der Waals surface area contributed by atoms with Gasteiger partial charge in [-0.3, -0.25) is 9.36 Å². The highest BCUT2D eigenvalue weighted by molar-refractivity contribution is 5.38. The molecule has 19 heavy (non-hydrogen) atoms. The van der Waals surface area contributed by atoms with E-state index >= 15 is 0 Å². The molecule has 2 rings (SSSR count). The summed E-state index contributed by atoms with van der Waals surface area (Å²) >= 11 is 0. The van der Waals surface area contributed by atoms with E-state index in [4.69, 9.17) is 0 Å². The molecule has 0 fully saturated rings. The summed E-state index contributed by atoms with van der Waals surface area (Å²) < 4.78 is 4.04. The van der Waals surface area contributed by atoms with Crippen molar-refractivity contribution in [1.29, 1.82) is 0 Å². The lowest BCUT2D eigenvalue weighted by Crippen LogP contribution is -2.12. The van der Waals surface area contributed by atoms with Crippen LogP contribution in [0.25, 0.3) is 0 Å². The zero-order chi connectivity index (χ0) is 13.8. The summed E-state index contributed by atoms with van der Waals surface area (Å²) in [5, 5.41) is 12.1. The van der Waals surface area contributed by atoms with Gasteiger partial charge in [-0.1, -0.05) is 6.92 Å². The van der Waals surface area contributed by atoms with Crippen LogP contribution in [0.15, 0.2) is 24.7 Å². The lowest BCUT2D eigenvalue weighted by molar-refractivity contribution is 0.462. The number of nitrogens with one attached hydrogen (secondary N) is 1. The Kier molecular flexibility index (Phi) is 4.24. The third-order valence-corrected chi connectivity index (χ3v) is 3.36. The van der Waals surface area contributed by atoms with E-state index < -0.39 is 0 Å². The Balaban J connectivity index is 2.00. The SMILES string of the molecule is CC[C@H](C)n1nccc1CNc1cnn(C(C)C)c1. The predicted molar refractivity (Wildman–Crippen MR) is 77.2 cm³/mol. The Morgan fingerprint density at radius 3 is 2.68 bits per heavy atom. The van der Waals surface area contributed by atoms with Crippen molar-refractivity contribution in [2.45, 2.75) is 52.7 Å². The van der Waals surface area contributed by atoms with Gasteiger partial charge in [-0.15, -0.1) is 0 Å². The van der Waals surface area contributed by atoms with Crippen LogP contribution in [-0.2, 0) is 6.54 Å². The van der Waals surface area contributed by atoms with E-state index in [2.05, 4.69) is 54.0 Å². The molecule has 0 spiro atoms. The van der Waals surface area contributed by atoms with Gasteiger partial charge in [0.15, 0.2) is 0 Å². The van der Waals surface area contributed by atoms with E-state index in [1.807, 2.05) is 23.3 Å². The van der Waals surface area contributed by atoms with Crippen molar-refractivity contribution < 1.29 is 0 Å². The molecule has 0 aliphatic heterocycles. The number of aromatic nitrogens is 4. The molecule has 0 bridgehead atoms. The highest BCUT2D eigenvalue weighted by atomic mass is 15.3. The molecule has 0 unspecified atom stereocenters. The van der Waals surface area contributed by atoms with Crippen molar-refractivity contribution in [2.24, 2.45) is 0 Å². The summed E-state index contributed by atoms with van der Waals surface area (Å²) in [5.74, 6) is 0. The molecule has 104 valence electrons. The Hall–Kier alpha value is -1.78. The number of hydrogen-bond donors (Lipinski definition) is 1. The standard InChI is InChI=1S/C14H23N5/c1-5-12(4)19-14(6-7-16-19)9-15-13-8-17-18(10-13)11(2)3/h6-8,10-12,15H,5,9H2,1-4H3/t12-/m0/s1. The first-order valence-electron chi connectivity index (χ1n) is 6.92. The Morgan fingerprint density at radius 1 is 1.26 bits per heavy atom. The molecule has 2 aromatic rings. The van der Waals surface area contributed by atoms with Gasteiger partial charge in [-0.05, 0) is 33.3 Å². The van der Waals surface area contributed by atoms with E-state index in [-0.39, 0.29) is 0 Å². The summed E-state index contributed by atoms with van der Waals surface area (Å²) in [4.78, 5) is 0. The highest BCUT2D eigenvalue weighted by Crippen LogP contribution is 2.15. The molecule has 0 amide bonds. The van der Waals surface area contributed by atoms with Crippen LogP contribution in [-0.4, -0.2) is 19.6 Å².